The highest BCUT2D eigenvalue weighted by Gasteiger charge is 2.34. The Morgan fingerprint density at radius 1 is 1.48 bits per heavy atom. The van der Waals surface area contributed by atoms with E-state index in [0.29, 0.717) is 24.5 Å². The number of rotatable bonds is 3. The molecule has 0 aromatic heterocycles. The summed E-state index contributed by atoms with van der Waals surface area (Å²) >= 11 is 0. The SMILES string of the molecule is CC1(C)CN(c2cc(S(N)(=O)=O)ccc2N)CC(CO)O1. The largest absolute Gasteiger partial charge is 0.397 e. The summed E-state index contributed by atoms with van der Waals surface area (Å²) in [4.78, 5) is 1.92. The first-order valence-electron chi connectivity index (χ1n) is 6.58. The van der Waals surface area contributed by atoms with Crippen molar-refractivity contribution >= 4 is 21.4 Å². The van der Waals surface area contributed by atoms with Gasteiger partial charge < -0.3 is 20.5 Å². The first-order chi connectivity index (χ1) is 9.62. The Kier molecular flexibility index (Phi) is 4.16. The maximum Gasteiger partial charge on any atom is 0.238 e. The third-order valence-corrected chi connectivity index (χ3v) is 4.27. The molecular weight excluding hydrogens is 294 g/mol. The van der Waals surface area contributed by atoms with E-state index in [1.807, 2.05) is 18.7 Å². The molecule has 1 fully saturated rings. The minimum atomic E-state index is -3.79. The number of hydrogen-bond acceptors (Lipinski definition) is 6. The van der Waals surface area contributed by atoms with E-state index in [1.54, 1.807) is 0 Å². The Morgan fingerprint density at radius 3 is 2.71 bits per heavy atom. The van der Waals surface area contributed by atoms with E-state index in [2.05, 4.69) is 0 Å². The van der Waals surface area contributed by atoms with Gasteiger partial charge in [-0.15, -0.1) is 0 Å². The maximum absolute atomic E-state index is 11.5. The van der Waals surface area contributed by atoms with E-state index in [-0.39, 0.29) is 17.6 Å². The van der Waals surface area contributed by atoms with Gasteiger partial charge in [0.15, 0.2) is 0 Å². The van der Waals surface area contributed by atoms with Crippen LogP contribution in [0.15, 0.2) is 23.1 Å². The highest BCUT2D eigenvalue weighted by molar-refractivity contribution is 7.89. The molecule has 8 heteroatoms. The van der Waals surface area contributed by atoms with E-state index in [0.717, 1.165) is 0 Å². The van der Waals surface area contributed by atoms with E-state index in [9.17, 15) is 13.5 Å². The topological polar surface area (TPSA) is 119 Å². The molecule has 1 aromatic carbocycles. The molecule has 0 amide bonds. The Balaban J connectivity index is 2.40. The van der Waals surface area contributed by atoms with E-state index < -0.39 is 15.6 Å². The number of morpholine rings is 1. The zero-order valence-corrected chi connectivity index (χ0v) is 12.9. The standard InChI is InChI=1S/C13H21N3O4S/c1-13(2)8-16(6-9(7-17)20-13)12-5-10(21(15,18)19)3-4-11(12)14/h3-5,9,17H,6-8,14H2,1-2H3,(H2,15,18,19). The first-order valence-corrected chi connectivity index (χ1v) is 8.13. The number of ether oxygens (including phenoxy) is 1. The first kappa shape index (κ1) is 16.0. The van der Waals surface area contributed by atoms with Crippen molar-refractivity contribution in [3.8, 4) is 0 Å². The second-order valence-electron chi connectivity index (χ2n) is 5.83. The van der Waals surface area contributed by atoms with Crippen LogP contribution in [0.25, 0.3) is 0 Å². The molecule has 1 atom stereocenters. The predicted molar refractivity (Wildman–Crippen MR) is 80.5 cm³/mol. The molecule has 118 valence electrons. The fourth-order valence-electron chi connectivity index (χ4n) is 2.55. The summed E-state index contributed by atoms with van der Waals surface area (Å²) in [5.41, 5.74) is 6.52. The van der Waals surface area contributed by atoms with Crippen LogP contribution in [-0.4, -0.2) is 44.9 Å². The second kappa shape index (κ2) is 5.45. The molecule has 0 aliphatic carbocycles. The quantitative estimate of drug-likeness (QED) is 0.670. The summed E-state index contributed by atoms with van der Waals surface area (Å²) in [7, 11) is -3.79. The highest BCUT2D eigenvalue weighted by Crippen LogP contribution is 2.31. The molecule has 1 saturated heterocycles. The number of nitrogen functional groups attached to an aromatic ring is 1. The Labute approximate surface area is 124 Å². The van der Waals surface area contributed by atoms with Gasteiger partial charge in [-0.25, -0.2) is 13.6 Å². The average Bonchev–Trinajstić information content (AvgIpc) is 2.35. The Bertz CT molecular complexity index is 630. The van der Waals surface area contributed by atoms with E-state index >= 15 is 0 Å². The molecule has 7 nitrogen and oxygen atoms in total. The van der Waals surface area contributed by atoms with Gasteiger partial charge in [-0.3, -0.25) is 0 Å². The van der Waals surface area contributed by atoms with Crippen LogP contribution in [0.5, 0.6) is 0 Å². The monoisotopic (exact) mass is 315 g/mol. The average molecular weight is 315 g/mol. The van der Waals surface area contributed by atoms with Gasteiger partial charge in [0.1, 0.15) is 0 Å². The molecule has 0 saturated carbocycles. The van der Waals surface area contributed by atoms with Crippen LogP contribution in [0.2, 0.25) is 0 Å². The lowest BCUT2D eigenvalue weighted by Crippen LogP contribution is -2.54. The maximum atomic E-state index is 11.5. The number of anilines is 2. The minimum absolute atomic E-state index is 0.0107. The van der Waals surface area contributed by atoms with Gasteiger partial charge in [-0.05, 0) is 32.0 Å². The summed E-state index contributed by atoms with van der Waals surface area (Å²) < 4.78 is 28.7. The molecule has 0 bridgehead atoms. The summed E-state index contributed by atoms with van der Waals surface area (Å²) in [6.07, 6.45) is -0.355. The summed E-state index contributed by atoms with van der Waals surface area (Å²) in [6, 6.07) is 4.36. The molecular formula is C13H21N3O4S. The van der Waals surface area contributed by atoms with Crippen molar-refractivity contribution in [2.45, 2.75) is 30.4 Å². The van der Waals surface area contributed by atoms with Crippen molar-refractivity contribution in [3.63, 3.8) is 0 Å². The van der Waals surface area contributed by atoms with Gasteiger partial charge in [0.2, 0.25) is 10.0 Å². The highest BCUT2D eigenvalue weighted by atomic mass is 32.2. The Hall–Kier alpha value is -1.35. The third-order valence-electron chi connectivity index (χ3n) is 3.36. The van der Waals surface area contributed by atoms with Gasteiger partial charge in [0.05, 0.1) is 34.6 Å². The van der Waals surface area contributed by atoms with Gasteiger partial charge in [-0.2, -0.15) is 0 Å². The molecule has 21 heavy (non-hydrogen) atoms. The van der Waals surface area contributed by atoms with Gasteiger partial charge in [-0.1, -0.05) is 0 Å². The lowest BCUT2D eigenvalue weighted by Gasteiger charge is -2.43. The normalized spacial score (nSPS) is 22.3. The molecule has 1 heterocycles. The van der Waals surface area contributed by atoms with Gasteiger partial charge in [0.25, 0.3) is 0 Å². The molecule has 1 unspecified atom stereocenters. The number of aliphatic hydroxyl groups excluding tert-OH is 1. The number of aliphatic hydroxyl groups is 1. The smallest absolute Gasteiger partial charge is 0.238 e. The fraction of sp³-hybridized carbons (Fsp3) is 0.538. The number of hydrogen-bond donors (Lipinski definition) is 3. The summed E-state index contributed by atoms with van der Waals surface area (Å²) in [5.74, 6) is 0. The number of nitrogens with zero attached hydrogens (tertiary/aromatic N) is 1. The number of benzene rings is 1. The van der Waals surface area contributed by atoms with Crippen molar-refractivity contribution in [2.24, 2.45) is 5.14 Å². The molecule has 0 spiro atoms. The number of primary sulfonamides is 1. The van der Waals surface area contributed by atoms with Crippen LogP contribution < -0.4 is 15.8 Å². The molecule has 0 radical (unpaired) electrons. The van der Waals surface area contributed by atoms with Crippen LogP contribution in [0.4, 0.5) is 11.4 Å². The van der Waals surface area contributed by atoms with Crippen LogP contribution in [0, 0.1) is 0 Å². The van der Waals surface area contributed by atoms with Crippen LogP contribution >= 0.6 is 0 Å². The van der Waals surface area contributed by atoms with E-state index in [1.165, 1.54) is 18.2 Å². The Morgan fingerprint density at radius 2 is 2.14 bits per heavy atom. The second-order valence-corrected chi connectivity index (χ2v) is 7.39. The van der Waals surface area contributed by atoms with Crippen molar-refractivity contribution in [1.82, 2.24) is 0 Å². The predicted octanol–water partition coefficient (Wildman–Crippen LogP) is -0.108. The van der Waals surface area contributed by atoms with Crippen LogP contribution in [0.1, 0.15) is 13.8 Å². The van der Waals surface area contributed by atoms with E-state index in [4.69, 9.17) is 15.6 Å². The van der Waals surface area contributed by atoms with Gasteiger partial charge in [0, 0.05) is 13.1 Å². The van der Waals surface area contributed by atoms with Crippen molar-refractivity contribution in [1.29, 1.82) is 0 Å². The lowest BCUT2D eigenvalue weighted by molar-refractivity contribution is -0.100. The summed E-state index contributed by atoms with van der Waals surface area (Å²) in [6.45, 7) is 4.65. The molecule has 5 N–H and O–H groups in total. The third kappa shape index (κ3) is 3.65. The number of nitrogens with two attached hydrogens (primary N) is 2. The van der Waals surface area contributed by atoms with Crippen molar-refractivity contribution in [2.75, 3.05) is 30.3 Å². The minimum Gasteiger partial charge on any atom is -0.397 e. The molecule has 1 aromatic rings. The van der Waals surface area contributed by atoms with Crippen LogP contribution in [-0.2, 0) is 14.8 Å². The van der Waals surface area contributed by atoms with Crippen molar-refractivity contribution < 1.29 is 18.3 Å². The molecule has 2 rings (SSSR count). The zero-order valence-electron chi connectivity index (χ0n) is 12.1. The molecule has 1 aliphatic rings. The van der Waals surface area contributed by atoms with Gasteiger partial charge >= 0.3 is 0 Å². The fourth-order valence-corrected chi connectivity index (χ4v) is 3.08. The van der Waals surface area contributed by atoms with Crippen molar-refractivity contribution in [3.05, 3.63) is 18.2 Å². The zero-order chi connectivity index (χ0) is 15.8. The number of sulfonamides is 1. The molecule has 1 aliphatic heterocycles. The lowest BCUT2D eigenvalue weighted by atomic mass is 10.0. The van der Waals surface area contributed by atoms with Crippen LogP contribution in [0.3, 0.4) is 0 Å². The summed E-state index contributed by atoms with van der Waals surface area (Å²) in [5, 5.41) is 14.5.